The van der Waals surface area contributed by atoms with Gasteiger partial charge in [-0.3, -0.25) is 0 Å². The maximum atomic E-state index is 11.4. The van der Waals surface area contributed by atoms with E-state index < -0.39 is 36.8 Å². The summed E-state index contributed by atoms with van der Waals surface area (Å²) >= 11 is 0. The molecule has 1 aliphatic rings. The maximum Gasteiger partial charge on any atom is 0.186 e. The van der Waals surface area contributed by atoms with Crippen LogP contribution >= 0.6 is 0 Å². The molecule has 43 heavy (non-hydrogen) atoms. The van der Waals surface area contributed by atoms with Crippen LogP contribution in [0.15, 0.2) is 121 Å². The van der Waals surface area contributed by atoms with Crippen molar-refractivity contribution >= 4 is 0 Å². The Morgan fingerprint density at radius 2 is 0.953 bits per heavy atom. The van der Waals surface area contributed by atoms with E-state index in [1.165, 1.54) is 0 Å². The molecule has 0 saturated carbocycles. The van der Waals surface area contributed by atoms with E-state index in [1.807, 2.05) is 121 Å². The third kappa shape index (κ3) is 9.05. The highest BCUT2D eigenvalue weighted by Gasteiger charge is 2.51. The quantitative estimate of drug-likeness (QED) is 0.192. The number of benzene rings is 4. The topological polar surface area (TPSA) is 75.6 Å². The molecule has 6 atom stereocenters. The molecular weight excluding hydrogens is 544 g/mol. The van der Waals surface area contributed by atoms with Crippen LogP contribution in [0.2, 0.25) is 0 Å². The lowest BCUT2D eigenvalue weighted by Crippen LogP contribution is -2.63. The van der Waals surface area contributed by atoms with Gasteiger partial charge < -0.3 is 33.5 Å². The summed E-state index contributed by atoms with van der Waals surface area (Å²) in [5.41, 5.74) is 4.03. The van der Waals surface area contributed by atoms with Gasteiger partial charge in [-0.15, -0.1) is 0 Å². The van der Waals surface area contributed by atoms with Crippen LogP contribution < -0.4 is 0 Å². The van der Waals surface area contributed by atoms with Gasteiger partial charge in [-0.05, 0) is 22.3 Å². The van der Waals surface area contributed by atoms with Crippen molar-refractivity contribution in [3.63, 3.8) is 0 Å². The lowest BCUT2D eigenvalue weighted by molar-refractivity contribution is -0.331. The average Bonchev–Trinajstić information content (AvgIpc) is 3.07. The molecule has 0 aromatic heterocycles. The first-order valence-electron chi connectivity index (χ1n) is 14.7. The largest absolute Gasteiger partial charge is 0.388 e. The molecule has 0 aliphatic carbocycles. The minimum Gasteiger partial charge on any atom is -0.388 e. The summed E-state index contributed by atoms with van der Waals surface area (Å²) in [4.78, 5) is 0. The number of aliphatic hydroxyl groups excluding tert-OH is 1. The second kappa shape index (κ2) is 16.4. The van der Waals surface area contributed by atoms with Crippen molar-refractivity contribution in [3.8, 4) is 0 Å². The van der Waals surface area contributed by atoms with Crippen LogP contribution in [0, 0.1) is 0 Å². The van der Waals surface area contributed by atoms with E-state index in [2.05, 4.69) is 0 Å². The molecule has 0 amide bonds. The molecule has 1 aliphatic heterocycles. The molecule has 1 heterocycles. The highest BCUT2D eigenvalue weighted by atomic mass is 16.7. The van der Waals surface area contributed by atoms with Crippen LogP contribution in [0.3, 0.4) is 0 Å². The monoisotopic (exact) mass is 584 g/mol. The van der Waals surface area contributed by atoms with Crippen LogP contribution in [-0.2, 0) is 54.8 Å². The summed E-state index contributed by atoms with van der Waals surface area (Å²) in [5.74, 6) is 0. The third-order valence-corrected chi connectivity index (χ3v) is 7.40. The van der Waals surface area contributed by atoms with Gasteiger partial charge in [0.2, 0.25) is 0 Å². The molecule has 0 bridgehead atoms. The highest BCUT2D eigenvalue weighted by Crippen LogP contribution is 2.32. The van der Waals surface area contributed by atoms with Gasteiger partial charge in [0, 0.05) is 7.11 Å². The Hall–Kier alpha value is -3.40. The predicted octanol–water partition coefficient (Wildman–Crippen LogP) is 5.69. The smallest absolute Gasteiger partial charge is 0.186 e. The fraction of sp³-hybridized carbons (Fsp3) is 0.333. The molecule has 226 valence electrons. The third-order valence-electron chi connectivity index (χ3n) is 7.40. The van der Waals surface area contributed by atoms with Gasteiger partial charge in [-0.1, -0.05) is 121 Å². The van der Waals surface area contributed by atoms with Crippen LogP contribution in [-0.4, -0.2) is 55.6 Å². The molecule has 5 rings (SSSR count). The van der Waals surface area contributed by atoms with E-state index in [4.69, 9.17) is 28.4 Å². The van der Waals surface area contributed by atoms with Crippen molar-refractivity contribution in [2.24, 2.45) is 0 Å². The molecule has 7 nitrogen and oxygen atoms in total. The Bertz CT molecular complexity index is 1310. The Labute approximate surface area is 253 Å². The van der Waals surface area contributed by atoms with Crippen molar-refractivity contribution in [1.82, 2.24) is 0 Å². The summed E-state index contributed by atoms with van der Waals surface area (Å²) in [6.07, 6.45) is -4.58. The highest BCUT2D eigenvalue weighted by molar-refractivity contribution is 5.16. The van der Waals surface area contributed by atoms with Crippen molar-refractivity contribution in [1.29, 1.82) is 0 Å². The molecule has 0 radical (unpaired) electrons. The Morgan fingerprint density at radius 1 is 0.558 bits per heavy atom. The zero-order chi connectivity index (χ0) is 29.7. The molecule has 4 aromatic carbocycles. The molecule has 4 aromatic rings. The van der Waals surface area contributed by atoms with E-state index in [-0.39, 0.29) is 6.61 Å². The summed E-state index contributed by atoms with van der Waals surface area (Å²) in [6, 6.07) is 39.6. The Kier molecular flexibility index (Phi) is 11.9. The second-order valence-electron chi connectivity index (χ2n) is 10.6. The van der Waals surface area contributed by atoms with Gasteiger partial charge in [0.15, 0.2) is 6.29 Å². The number of hydrogen-bond acceptors (Lipinski definition) is 7. The van der Waals surface area contributed by atoms with Crippen molar-refractivity contribution in [2.45, 2.75) is 63.2 Å². The molecule has 0 spiro atoms. The lowest BCUT2D eigenvalue weighted by atomic mass is 9.94. The predicted molar refractivity (Wildman–Crippen MR) is 163 cm³/mol. The summed E-state index contributed by atoms with van der Waals surface area (Å²) in [5, 5.41) is 11.4. The normalized spacial score (nSPS) is 22.7. The van der Waals surface area contributed by atoms with E-state index in [9.17, 15) is 5.11 Å². The lowest BCUT2D eigenvalue weighted by Gasteiger charge is -2.46. The average molecular weight is 585 g/mol. The van der Waals surface area contributed by atoms with Crippen molar-refractivity contribution in [2.75, 3.05) is 13.7 Å². The minimum atomic E-state index is -1.01. The first-order chi connectivity index (χ1) is 21.2. The molecule has 1 saturated heterocycles. The Balaban J connectivity index is 1.39. The summed E-state index contributed by atoms with van der Waals surface area (Å²) < 4.78 is 37.7. The summed E-state index contributed by atoms with van der Waals surface area (Å²) in [7, 11) is 1.57. The van der Waals surface area contributed by atoms with E-state index in [0.29, 0.717) is 26.4 Å². The fourth-order valence-corrected chi connectivity index (χ4v) is 5.16. The SMILES string of the molecule is CO[C@@H]1O[C@@H](C(O)COCc2ccccc2)[C@@H](OCc2ccccc2)[C@@H](OCc2ccccc2)[C@H]1OCc1ccccc1. The Morgan fingerprint density at radius 3 is 1.40 bits per heavy atom. The first kappa shape index (κ1) is 31.0. The van der Waals surface area contributed by atoms with Crippen molar-refractivity contribution < 1.29 is 33.5 Å². The van der Waals surface area contributed by atoms with E-state index >= 15 is 0 Å². The maximum absolute atomic E-state index is 11.4. The number of rotatable bonds is 15. The van der Waals surface area contributed by atoms with Crippen molar-refractivity contribution in [3.05, 3.63) is 144 Å². The molecule has 1 unspecified atom stereocenters. The number of ether oxygens (including phenoxy) is 6. The zero-order valence-electron chi connectivity index (χ0n) is 24.4. The molecule has 1 N–H and O–H groups in total. The number of hydrogen-bond donors (Lipinski definition) is 1. The van der Waals surface area contributed by atoms with Gasteiger partial charge in [-0.25, -0.2) is 0 Å². The van der Waals surface area contributed by atoms with Gasteiger partial charge in [0.25, 0.3) is 0 Å². The fourth-order valence-electron chi connectivity index (χ4n) is 5.16. The van der Waals surface area contributed by atoms with Crippen LogP contribution in [0.4, 0.5) is 0 Å². The van der Waals surface area contributed by atoms with Gasteiger partial charge in [-0.2, -0.15) is 0 Å². The van der Waals surface area contributed by atoms with E-state index in [0.717, 1.165) is 22.3 Å². The van der Waals surface area contributed by atoms with Crippen LogP contribution in [0.25, 0.3) is 0 Å². The van der Waals surface area contributed by atoms with Gasteiger partial charge in [0.1, 0.15) is 30.5 Å². The van der Waals surface area contributed by atoms with E-state index in [1.54, 1.807) is 7.11 Å². The second-order valence-corrected chi connectivity index (χ2v) is 10.6. The molecule has 1 fully saturated rings. The molecular formula is C36H40O7. The van der Waals surface area contributed by atoms with Gasteiger partial charge in [0.05, 0.1) is 33.0 Å². The molecule has 7 heteroatoms. The zero-order valence-corrected chi connectivity index (χ0v) is 24.4. The number of aliphatic hydroxyl groups is 1. The summed E-state index contributed by atoms with van der Waals surface area (Å²) in [6.45, 7) is 1.37. The van der Waals surface area contributed by atoms with Gasteiger partial charge >= 0.3 is 0 Å². The first-order valence-corrected chi connectivity index (χ1v) is 14.7. The minimum absolute atomic E-state index is 0.0438. The number of methoxy groups -OCH3 is 1. The standard InChI is InChI=1S/C36H40O7/c1-38-36-35(42-25-30-20-12-5-13-21-30)34(41-24-29-18-10-4-11-19-29)33(40-23-28-16-8-3-9-17-28)32(43-36)31(37)26-39-22-27-14-6-2-7-15-27/h2-21,31-37H,22-26H2,1H3/t31?,32-,33+,34+,35+,36+/m0/s1. The van der Waals surface area contributed by atoms with Crippen LogP contribution in [0.1, 0.15) is 22.3 Å². The van der Waals surface area contributed by atoms with Crippen LogP contribution in [0.5, 0.6) is 0 Å².